The molecule has 1 aromatic carbocycles. The third-order valence-electron chi connectivity index (χ3n) is 3.53. The number of benzene rings is 1. The van der Waals surface area contributed by atoms with Gasteiger partial charge in [0, 0.05) is 35.8 Å². The van der Waals surface area contributed by atoms with Crippen LogP contribution in [0.4, 0.5) is 0 Å². The molecule has 0 unspecified atom stereocenters. The predicted octanol–water partition coefficient (Wildman–Crippen LogP) is 2.26. The van der Waals surface area contributed by atoms with Gasteiger partial charge < -0.3 is 5.73 Å². The fraction of sp³-hybridized carbons (Fsp3) is 0.357. The minimum atomic E-state index is -3.47. The first kappa shape index (κ1) is 17.4. The number of nitrogens with two attached hydrogens (primary N) is 1. The zero-order valence-electron chi connectivity index (χ0n) is 12.1. The van der Waals surface area contributed by atoms with Crippen molar-refractivity contribution in [2.75, 3.05) is 13.1 Å². The fourth-order valence-electron chi connectivity index (χ4n) is 2.40. The van der Waals surface area contributed by atoms with Gasteiger partial charge in [0.05, 0.1) is 4.90 Å². The first-order valence-electron chi connectivity index (χ1n) is 6.75. The maximum atomic E-state index is 12.6. The molecule has 120 valence electrons. The predicted molar refractivity (Wildman–Crippen MR) is 90.9 cm³/mol. The maximum Gasteiger partial charge on any atom is 0.243 e. The smallest absolute Gasteiger partial charge is 0.243 e. The van der Waals surface area contributed by atoms with Gasteiger partial charge in [0.25, 0.3) is 0 Å². The number of aromatic nitrogens is 1. The highest BCUT2D eigenvalue weighted by Gasteiger charge is 2.31. The monoisotopic (exact) mass is 359 g/mol. The molecule has 0 radical (unpaired) electrons. The number of halogens is 1. The number of aryl methyl sites for hydroxylation is 1. The lowest BCUT2D eigenvalue weighted by molar-refractivity contribution is 0.472. The summed E-state index contributed by atoms with van der Waals surface area (Å²) in [5.41, 5.74) is 7.58. The Morgan fingerprint density at radius 2 is 2.18 bits per heavy atom. The largest absolute Gasteiger partial charge is 0.326 e. The molecule has 1 saturated heterocycles. The van der Waals surface area contributed by atoms with Gasteiger partial charge in [0.1, 0.15) is 5.01 Å². The zero-order valence-corrected chi connectivity index (χ0v) is 14.5. The number of rotatable bonds is 3. The third-order valence-corrected chi connectivity index (χ3v) is 6.40. The van der Waals surface area contributed by atoms with E-state index in [1.54, 1.807) is 18.2 Å². The standard InChI is InChI=1S/C14H17N3O2S2.ClH/c1-10-9-20-14(16-10)11-3-2-4-13(7-11)21(18,19)17-6-5-12(15)8-17;/h2-4,7,9,12H,5-6,8,15H2,1H3;1H/t12-;/m0./s1. The Labute approximate surface area is 140 Å². The number of hydrogen-bond donors (Lipinski definition) is 1. The fourth-order valence-corrected chi connectivity index (χ4v) is 4.75. The molecule has 8 heteroatoms. The number of nitrogens with zero attached hydrogens (tertiary/aromatic N) is 2. The lowest BCUT2D eigenvalue weighted by atomic mass is 10.2. The Morgan fingerprint density at radius 3 is 2.77 bits per heavy atom. The highest BCUT2D eigenvalue weighted by atomic mass is 35.5. The van der Waals surface area contributed by atoms with Gasteiger partial charge in [-0.1, -0.05) is 12.1 Å². The van der Waals surface area contributed by atoms with Crippen LogP contribution in [-0.2, 0) is 10.0 Å². The summed E-state index contributed by atoms with van der Waals surface area (Å²) >= 11 is 1.52. The molecule has 1 fully saturated rings. The molecule has 0 amide bonds. The first-order chi connectivity index (χ1) is 9.96. The van der Waals surface area contributed by atoms with E-state index in [1.165, 1.54) is 15.6 Å². The summed E-state index contributed by atoms with van der Waals surface area (Å²) in [7, 11) is -3.47. The second kappa shape index (κ2) is 6.64. The Balaban J connectivity index is 0.00000176. The van der Waals surface area contributed by atoms with E-state index in [-0.39, 0.29) is 18.4 Å². The quantitative estimate of drug-likeness (QED) is 0.911. The van der Waals surface area contributed by atoms with E-state index in [0.29, 0.717) is 24.4 Å². The van der Waals surface area contributed by atoms with Crippen LogP contribution in [0.15, 0.2) is 34.5 Å². The van der Waals surface area contributed by atoms with Crippen LogP contribution in [-0.4, -0.2) is 36.8 Å². The van der Waals surface area contributed by atoms with Gasteiger partial charge in [0.2, 0.25) is 10.0 Å². The Bertz CT molecular complexity index is 761. The van der Waals surface area contributed by atoms with Crippen LogP contribution >= 0.6 is 23.7 Å². The molecule has 1 atom stereocenters. The molecule has 0 saturated carbocycles. The van der Waals surface area contributed by atoms with E-state index >= 15 is 0 Å². The summed E-state index contributed by atoms with van der Waals surface area (Å²) in [6.07, 6.45) is 0.713. The van der Waals surface area contributed by atoms with Crippen LogP contribution < -0.4 is 5.73 Å². The van der Waals surface area contributed by atoms with Crippen LogP contribution in [0.1, 0.15) is 12.1 Å². The zero-order chi connectivity index (χ0) is 15.0. The summed E-state index contributed by atoms with van der Waals surface area (Å²) in [5, 5.41) is 2.79. The van der Waals surface area contributed by atoms with E-state index in [9.17, 15) is 8.42 Å². The molecule has 2 N–H and O–H groups in total. The summed E-state index contributed by atoms with van der Waals surface area (Å²) in [6, 6.07) is 6.90. The highest BCUT2D eigenvalue weighted by molar-refractivity contribution is 7.89. The number of thiazole rings is 1. The summed E-state index contributed by atoms with van der Waals surface area (Å²) < 4.78 is 26.7. The number of hydrogen-bond acceptors (Lipinski definition) is 5. The molecular formula is C14H18ClN3O2S2. The van der Waals surface area contributed by atoms with E-state index in [1.807, 2.05) is 18.4 Å². The normalized spacial score (nSPS) is 19.1. The highest BCUT2D eigenvalue weighted by Crippen LogP contribution is 2.27. The molecular weight excluding hydrogens is 342 g/mol. The van der Waals surface area contributed by atoms with Crippen molar-refractivity contribution < 1.29 is 8.42 Å². The SMILES string of the molecule is Cc1csc(-c2cccc(S(=O)(=O)N3CC[C@H](N)C3)c2)n1.Cl. The second-order valence-electron chi connectivity index (χ2n) is 5.23. The topological polar surface area (TPSA) is 76.3 Å². The average Bonchev–Trinajstić information content (AvgIpc) is 3.08. The molecule has 1 aliphatic rings. The van der Waals surface area contributed by atoms with Gasteiger partial charge in [-0.15, -0.1) is 23.7 Å². The molecule has 0 aliphatic carbocycles. The Hall–Kier alpha value is -0.990. The van der Waals surface area contributed by atoms with E-state index in [0.717, 1.165) is 16.3 Å². The van der Waals surface area contributed by atoms with Crippen molar-refractivity contribution in [2.45, 2.75) is 24.3 Å². The van der Waals surface area contributed by atoms with Gasteiger partial charge in [-0.3, -0.25) is 0 Å². The molecule has 0 bridgehead atoms. The van der Waals surface area contributed by atoms with Crippen molar-refractivity contribution in [2.24, 2.45) is 5.73 Å². The molecule has 2 aromatic rings. The van der Waals surface area contributed by atoms with Crippen molar-refractivity contribution in [3.63, 3.8) is 0 Å². The summed E-state index contributed by atoms with van der Waals surface area (Å²) in [4.78, 5) is 4.71. The summed E-state index contributed by atoms with van der Waals surface area (Å²) in [5.74, 6) is 0. The van der Waals surface area contributed by atoms with E-state index in [4.69, 9.17) is 5.73 Å². The van der Waals surface area contributed by atoms with Crippen molar-refractivity contribution in [1.29, 1.82) is 0 Å². The molecule has 0 spiro atoms. The van der Waals surface area contributed by atoms with Crippen molar-refractivity contribution in [3.8, 4) is 10.6 Å². The van der Waals surface area contributed by atoms with E-state index in [2.05, 4.69) is 4.98 Å². The van der Waals surface area contributed by atoms with Crippen LogP contribution in [0.25, 0.3) is 10.6 Å². The van der Waals surface area contributed by atoms with Crippen molar-refractivity contribution in [3.05, 3.63) is 35.3 Å². The molecule has 3 rings (SSSR count). The lowest BCUT2D eigenvalue weighted by Gasteiger charge is -2.16. The van der Waals surface area contributed by atoms with Gasteiger partial charge in [-0.05, 0) is 25.5 Å². The minimum absolute atomic E-state index is 0. The maximum absolute atomic E-state index is 12.6. The molecule has 2 heterocycles. The second-order valence-corrected chi connectivity index (χ2v) is 8.03. The van der Waals surface area contributed by atoms with Crippen molar-refractivity contribution in [1.82, 2.24) is 9.29 Å². The molecule has 1 aliphatic heterocycles. The molecule has 5 nitrogen and oxygen atoms in total. The van der Waals surface area contributed by atoms with Crippen molar-refractivity contribution >= 4 is 33.8 Å². The lowest BCUT2D eigenvalue weighted by Crippen LogP contribution is -2.31. The average molecular weight is 360 g/mol. The minimum Gasteiger partial charge on any atom is -0.326 e. The molecule has 22 heavy (non-hydrogen) atoms. The Morgan fingerprint density at radius 1 is 1.41 bits per heavy atom. The van der Waals surface area contributed by atoms with Gasteiger partial charge in [-0.25, -0.2) is 13.4 Å². The third kappa shape index (κ3) is 3.33. The van der Waals surface area contributed by atoms with Gasteiger partial charge in [0.15, 0.2) is 0 Å². The van der Waals surface area contributed by atoms with Gasteiger partial charge in [-0.2, -0.15) is 4.31 Å². The van der Waals surface area contributed by atoms with Gasteiger partial charge >= 0.3 is 0 Å². The van der Waals surface area contributed by atoms with Crippen LogP contribution in [0.3, 0.4) is 0 Å². The van der Waals surface area contributed by atoms with E-state index < -0.39 is 10.0 Å². The van der Waals surface area contributed by atoms with Crippen LogP contribution in [0.2, 0.25) is 0 Å². The van der Waals surface area contributed by atoms with Crippen LogP contribution in [0, 0.1) is 6.92 Å². The summed E-state index contributed by atoms with van der Waals surface area (Å²) in [6.45, 7) is 2.80. The first-order valence-corrected chi connectivity index (χ1v) is 9.07. The molecule has 1 aromatic heterocycles. The Kier molecular flexibility index (Phi) is 5.24. The van der Waals surface area contributed by atoms with Crippen LogP contribution in [0.5, 0.6) is 0 Å². The number of sulfonamides is 1.